The van der Waals surface area contributed by atoms with E-state index < -0.39 is 10.5 Å². The van der Waals surface area contributed by atoms with Crippen LogP contribution in [-0.2, 0) is 0 Å². The molecule has 1 aromatic rings. The lowest BCUT2D eigenvalue weighted by molar-refractivity contribution is -0.384. The summed E-state index contributed by atoms with van der Waals surface area (Å²) in [6.45, 7) is 5.48. The molecular weight excluding hydrogens is 222 g/mol. The molecule has 0 spiro atoms. The number of rotatable bonds is 5. The molecule has 0 radical (unpaired) electrons. The Morgan fingerprint density at radius 1 is 1.65 bits per heavy atom. The predicted octanol–water partition coefficient (Wildman–Crippen LogP) is 1.87. The van der Waals surface area contributed by atoms with Crippen molar-refractivity contribution in [3.05, 3.63) is 27.9 Å². The molecule has 0 saturated heterocycles. The van der Waals surface area contributed by atoms with Gasteiger partial charge in [-0.3, -0.25) is 10.1 Å². The van der Waals surface area contributed by atoms with Crippen LogP contribution in [0, 0.1) is 17.0 Å². The molecule has 2 N–H and O–H groups in total. The fourth-order valence-corrected chi connectivity index (χ4v) is 1.23. The Kier molecular flexibility index (Phi) is 4.01. The molecule has 94 valence electrons. The van der Waals surface area contributed by atoms with Crippen LogP contribution in [0.3, 0.4) is 0 Å². The van der Waals surface area contributed by atoms with Gasteiger partial charge in [-0.25, -0.2) is 4.98 Å². The zero-order valence-electron chi connectivity index (χ0n) is 10.2. The fraction of sp³-hybridized carbons (Fsp3) is 0.545. The Labute approximate surface area is 99.8 Å². The summed E-state index contributed by atoms with van der Waals surface area (Å²) in [5, 5.41) is 23.4. The minimum atomic E-state index is -0.902. The third-order valence-corrected chi connectivity index (χ3v) is 2.60. The third-order valence-electron chi connectivity index (χ3n) is 2.60. The van der Waals surface area contributed by atoms with Gasteiger partial charge in [-0.1, -0.05) is 6.92 Å². The second-order valence-electron chi connectivity index (χ2n) is 4.34. The van der Waals surface area contributed by atoms with Crippen molar-refractivity contribution in [2.45, 2.75) is 32.8 Å². The Hall–Kier alpha value is -1.69. The van der Waals surface area contributed by atoms with Crippen LogP contribution in [0.25, 0.3) is 0 Å². The first-order valence-electron chi connectivity index (χ1n) is 5.43. The van der Waals surface area contributed by atoms with Gasteiger partial charge in [-0.2, -0.15) is 0 Å². The van der Waals surface area contributed by atoms with Crippen molar-refractivity contribution in [1.82, 2.24) is 4.98 Å². The van der Waals surface area contributed by atoms with E-state index in [4.69, 9.17) is 0 Å². The Morgan fingerprint density at radius 3 is 2.82 bits per heavy atom. The smallest absolute Gasteiger partial charge is 0.311 e. The molecule has 17 heavy (non-hydrogen) atoms. The second kappa shape index (κ2) is 5.09. The average molecular weight is 239 g/mol. The number of nitrogens with one attached hydrogen (secondary N) is 1. The van der Waals surface area contributed by atoms with E-state index in [0.29, 0.717) is 6.42 Å². The molecule has 0 aliphatic carbocycles. The lowest BCUT2D eigenvalue weighted by atomic mass is 10.0. The standard InChI is InChI=1S/C11H17N3O3/c1-4-11(3,15)7-13-10-9(14(16)17)5-8(2)6-12-10/h5-6,15H,4,7H2,1-3H3,(H,12,13). The summed E-state index contributed by atoms with van der Waals surface area (Å²) < 4.78 is 0. The number of anilines is 1. The van der Waals surface area contributed by atoms with Gasteiger partial charge in [0.2, 0.25) is 5.82 Å². The maximum Gasteiger partial charge on any atom is 0.311 e. The van der Waals surface area contributed by atoms with E-state index in [2.05, 4.69) is 10.3 Å². The summed E-state index contributed by atoms with van der Waals surface area (Å²) in [5.41, 5.74) is -0.248. The van der Waals surface area contributed by atoms with Crippen molar-refractivity contribution < 1.29 is 10.0 Å². The Morgan fingerprint density at radius 2 is 2.29 bits per heavy atom. The van der Waals surface area contributed by atoms with Gasteiger partial charge in [0, 0.05) is 18.8 Å². The number of pyridine rings is 1. The zero-order chi connectivity index (χ0) is 13.1. The number of hydrogen-bond acceptors (Lipinski definition) is 5. The van der Waals surface area contributed by atoms with Gasteiger partial charge in [0.05, 0.1) is 10.5 Å². The van der Waals surface area contributed by atoms with Crippen LogP contribution in [0.4, 0.5) is 11.5 Å². The quantitative estimate of drug-likeness (QED) is 0.605. The molecule has 1 atom stereocenters. The van der Waals surface area contributed by atoms with E-state index in [1.54, 1.807) is 20.0 Å². The number of aromatic nitrogens is 1. The van der Waals surface area contributed by atoms with E-state index >= 15 is 0 Å². The summed E-state index contributed by atoms with van der Waals surface area (Å²) in [4.78, 5) is 14.3. The van der Waals surface area contributed by atoms with Crippen molar-refractivity contribution >= 4 is 11.5 Å². The fourth-order valence-electron chi connectivity index (χ4n) is 1.23. The number of hydrogen-bond donors (Lipinski definition) is 2. The largest absolute Gasteiger partial charge is 0.388 e. The maximum absolute atomic E-state index is 10.8. The molecule has 0 bridgehead atoms. The summed E-state index contributed by atoms with van der Waals surface area (Å²) in [7, 11) is 0. The van der Waals surface area contributed by atoms with Crippen LogP contribution < -0.4 is 5.32 Å². The number of nitrogens with zero attached hydrogens (tertiary/aromatic N) is 2. The first-order chi connectivity index (χ1) is 7.85. The molecule has 0 aromatic carbocycles. The van der Waals surface area contributed by atoms with Crippen molar-refractivity contribution in [1.29, 1.82) is 0 Å². The van der Waals surface area contributed by atoms with Crippen LogP contribution in [0.5, 0.6) is 0 Å². The summed E-state index contributed by atoms with van der Waals surface area (Å²) >= 11 is 0. The number of nitro groups is 1. The van der Waals surface area contributed by atoms with Crippen LogP contribution in [-0.4, -0.2) is 27.2 Å². The number of aryl methyl sites for hydroxylation is 1. The molecule has 0 saturated carbocycles. The highest BCUT2D eigenvalue weighted by Gasteiger charge is 2.21. The van der Waals surface area contributed by atoms with Gasteiger partial charge >= 0.3 is 5.69 Å². The summed E-state index contributed by atoms with van der Waals surface area (Å²) in [5.74, 6) is 0.189. The molecule has 0 fully saturated rings. The van der Waals surface area contributed by atoms with Crippen molar-refractivity contribution in [3.8, 4) is 0 Å². The minimum absolute atomic E-state index is 0.0723. The van der Waals surface area contributed by atoms with Crippen LogP contribution >= 0.6 is 0 Å². The van der Waals surface area contributed by atoms with Gasteiger partial charge in [-0.15, -0.1) is 0 Å². The number of aliphatic hydroxyl groups is 1. The predicted molar refractivity (Wildman–Crippen MR) is 65.0 cm³/mol. The van der Waals surface area contributed by atoms with E-state index in [1.165, 1.54) is 6.07 Å². The van der Waals surface area contributed by atoms with E-state index in [1.807, 2.05) is 6.92 Å². The van der Waals surface area contributed by atoms with E-state index in [0.717, 1.165) is 5.56 Å². The summed E-state index contributed by atoms with van der Waals surface area (Å²) in [6, 6.07) is 1.45. The Bertz CT molecular complexity index is 418. The van der Waals surface area contributed by atoms with Crippen molar-refractivity contribution in [2.24, 2.45) is 0 Å². The molecule has 6 heteroatoms. The topological polar surface area (TPSA) is 88.3 Å². The molecular formula is C11H17N3O3. The normalized spacial score (nSPS) is 14.1. The van der Waals surface area contributed by atoms with Crippen molar-refractivity contribution in [3.63, 3.8) is 0 Å². The maximum atomic E-state index is 10.8. The van der Waals surface area contributed by atoms with E-state index in [9.17, 15) is 15.2 Å². The molecule has 0 aliphatic heterocycles. The SMILES string of the molecule is CCC(C)(O)CNc1ncc(C)cc1[N+](=O)[O-]. The lowest BCUT2D eigenvalue weighted by Crippen LogP contribution is -2.32. The molecule has 1 heterocycles. The summed E-state index contributed by atoms with van der Waals surface area (Å²) in [6.07, 6.45) is 2.11. The average Bonchev–Trinajstić information content (AvgIpc) is 2.27. The molecule has 1 aromatic heterocycles. The van der Waals surface area contributed by atoms with Crippen LogP contribution in [0.2, 0.25) is 0 Å². The molecule has 1 unspecified atom stereocenters. The minimum Gasteiger partial charge on any atom is -0.388 e. The monoisotopic (exact) mass is 239 g/mol. The highest BCUT2D eigenvalue weighted by Crippen LogP contribution is 2.23. The zero-order valence-corrected chi connectivity index (χ0v) is 10.2. The van der Waals surface area contributed by atoms with Crippen LogP contribution in [0.1, 0.15) is 25.8 Å². The van der Waals surface area contributed by atoms with Gasteiger partial charge < -0.3 is 10.4 Å². The lowest BCUT2D eigenvalue weighted by Gasteiger charge is -2.21. The van der Waals surface area contributed by atoms with Gasteiger partial charge in [0.25, 0.3) is 0 Å². The molecule has 0 amide bonds. The van der Waals surface area contributed by atoms with Gasteiger partial charge in [0.15, 0.2) is 0 Å². The third kappa shape index (κ3) is 3.67. The molecule has 1 rings (SSSR count). The van der Waals surface area contributed by atoms with Gasteiger partial charge in [-0.05, 0) is 25.8 Å². The van der Waals surface area contributed by atoms with E-state index in [-0.39, 0.29) is 18.1 Å². The Balaban J connectivity index is 2.88. The molecule has 6 nitrogen and oxygen atoms in total. The first kappa shape index (κ1) is 13.4. The first-order valence-corrected chi connectivity index (χ1v) is 5.43. The van der Waals surface area contributed by atoms with Crippen LogP contribution in [0.15, 0.2) is 12.3 Å². The highest BCUT2D eigenvalue weighted by molar-refractivity contribution is 5.56. The highest BCUT2D eigenvalue weighted by atomic mass is 16.6. The van der Waals surface area contributed by atoms with Crippen molar-refractivity contribution in [2.75, 3.05) is 11.9 Å². The molecule has 0 aliphatic rings. The van der Waals surface area contributed by atoms with Gasteiger partial charge in [0.1, 0.15) is 0 Å². The second-order valence-corrected chi connectivity index (χ2v) is 4.34.